The third-order valence-corrected chi connectivity index (χ3v) is 6.85. The normalized spacial score (nSPS) is 21.2. The SMILES string of the molecule is C=CCNC(=O)C[C@@H]1CCN(S(=O)(=O)c2ccc(OC)cc2)C[C@H]1CC. The Morgan fingerprint density at radius 1 is 1.35 bits per heavy atom. The first-order valence-electron chi connectivity index (χ1n) is 8.94. The molecule has 1 N–H and O–H groups in total. The van der Waals surface area contributed by atoms with Crippen LogP contribution < -0.4 is 10.1 Å². The van der Waals surface area contributed by atoms with Crippen LogP contribution in [0.5, 0.6) is 5.75 Å². The minimum absolute atomic E-state index is 0.000174. The fourth-order valence-corrected chi connectivity index (χ4v) is 4.90. The fourth-order valence-electron chi connectivity index (χ4n) is 3.39. The number of ether oxygens (including phenoxy) is 1. The number of sulfonamides is 1. The number of carbonyl (C=O) groups excluding carboxylic acids is 1. The van der Waals surface area contributed by atoms with Gasteiger partial charge in [0.25, 0.3) is 0 Å². The fraction of sp³-hybridized carbons (Fsp3) is 0.526. The molecule has 1 saturated heterocycles. The lowest BCUT2D eigenvalue weighted by Gasteiger charge is -2.37. The van der Waals surface area contributed by atoms with Gasteiger partial charge >= 0.3 is 0 Å². The number of amides is 1. The van der Waals surface area contributed by atoms with Gasteiger partial charge in [-0.3, -0.25) is 4.79 Å². The first-order chi connectivity index (χ1) is 12.4. The highest BCUT2D eigenvalue weighted by molar-refractivity contribution is 7.89. The number of hydrogen-bond donors (Lipinski definition) is 1. The molecule has 26 heavy (non-hydrogen) atoms. The van der Waals surface area contributed by atoms with Gasteiger partial charge in [-0.25, -0.2) is 8.42 Å². The number of methoxy groups -OCH3 is 1. The van der Waals surface area contributed by atoms with Gasteiger partial charge in [0.1, 0.15) is 5.75 Å². The van der Waals surface area contributed by atoms with Crippen LogP contribution in [0.15, 0.2) is 41.8 Å². The summed E-state index contributed by atoms with van der Waals surface area (Å²) in [5.74, 6) is 0.998. The van der Waals surface area contributed by atoms with Crippen molar-refractivity contribution < 1.29 is 17.9 Å². The Kier molecular flexibility index (Phi) is 7.23. The Morgan fingerprint density at radius 2 is 2.04 bits per heavy atom. The van der Waals surface area contributed by atoms with E-state index in [4.69, 9.17) is 4.74 Å². The maximum Gasteiger partial charge on any atom is 0.243 e. The van der Waals surface area contributed by atoms with Crippen molar-refractivity contribution in [1.29, 1.82) is 0 Å². The van der Waals surface area contributed by atoms with Gasteiger partial charge in [0.2, 0.25) is 15.9 Å². The quantitative estimate of drug-likeness (QED) is 0.703. The minimum atomic E-state index is -3.53. The molecule has 1 heterocycles. The number of piperidine rings is 1. The average molecular weight is 381 g/mol. The van der Waals surface area contributed by atoms with Crippen LogP contribution >= 0.6 is 0 Å². The van der Waals surface area contributed by atoms with Gasteiger partial charge in [0.15, 0.2) is 0 Å². The Balaban J connectivity index is 2.06. The molecule has 0 unspecified atom stereocenters. The second-order valence-corrected chi connectivity index (χ2v) is 8.49. The molecule has 1 aromatic carbocycles. The van der Waals surface area contributed by atoms with Crippen LogP contribution in [0.4, 0.5) is 0 Å². The number of hydrogen-bond acceptors (Lipinski definition) is 4. The zero-order valence-electron chi connectivity index (χ0n) is 15.5. The summed E-state index contributed by atoms with van der Waals surface area (Å²) in [5, 5.41) is 2.80. The molecule has 0 spiro atoms. The van der Waals surface area contributed by atoms with E-state index < -0.39 is 10.0 Å². The van der Waals surface area contributed by atoms with Crippen LogP contribution in [0.2, 0.25) is 0 Å². The number of carbonyl (C=O) groups is 1. The van der Waals surface area contributed by atoms with Gasteiger partial charge in [-0.05, 0) is 42.5 Å². The monoisotopic (exact) mass is 380 g/mol. The van der Waals surface area contributed by atoms with Gasteiger partial charge in [-0.2, -0.15) is 4.31 Å². The van der Waals surface area contributed by atoms with Crippen LogP contribution in [-0.2, 0) is 14.8 Å². The third kappa shape index (κ3) is 4.86. The van der Waals surface area contributed by atoms with Crippen LogP contribution in [0.3, 0.4) is 0 Å². The largest absolute Gasteiger partial charge is 0.497 e. The van der Waals surface area contributed by atoms with E-state index in [1.165, 1.54) is 0 Å². The number of benzene rings is 1. The molecule has 0 saturated carbocycles. The molecule has 7 heteroatoms. The molecule has 1 aliphatic heterocycles. The number of nitrogens with zero attached hydrogens (tertiary/aromatic N) is 1. The average Bonchev–Trinajstić information content (AvgIpc) is 2.66. The van der Waals surface area contributed by atoms with Crippen molar-refractivity contribution in [1.82, 2.24) is 9.62 Å². The second kappa shape index (κ2) is 9.19. The molecule has 2 atom stereocenters. The van der Waals surface area contributed by atoms with Crippen molar-refractivity contribution in [3.8, 4) is 5.75 Å². The molecule has 2 rings (SSSR count). The Hall–Kier alpha value is -1.86. The first kappa shape index (κ1) is 20.5. The number of rotatable bonds is 8. The molecule has 144 valence electrons. The summed E-state index contributed by atoms with van der Waals surface area (Å²) in [5.41, 5.74) is 0. The summed E-state index contributed by atoms with van der Waals surface area (Å²) >= 11 is 0. The lowest BCUT2D eigenvalue weighted by atomic mass is 9.82. The lowest BCUT2D eigenvalue weighted by Crippen LogP contribution is -2.44. The highest BCUT2D eigenvalue weighted by Gasteiger charge is 2.35. The van der Waals surface area contributed by atoms with E-state index in [9.17, 15) is 13.2 Å². The van der Waals surface area contributed by atoms with Crippen LogP contribution in [0.1, 0.15) is 26.2 Å². The zero-order valence-corrected chi connectivity index (χ0v) is 16.3. The summed E-state index contributed by atoms with van der Waals surface area (Å²) < 4.78 is 32.5. The third-order valence-electron chi connectivity index (χ3n) is 4.97. The topological polar surface area (TPSA) is 75.7 Å². The van der Waals surface area contributed by atoms with Gasteiger partial charge < -0.3 is 10.1 Å². The van der Waals surface area contributed by atoms with E-state index in [1.54, 1.807) is 41.8 Å². The first-order valence-corrected chi connectivity index (χ1v) is 10.4. The highest BCUT2D eigenvalue weighted by atomic mass is 32.2. The van der Waals surface area contributed by atoms with E-state index in [1.807, 2.05) is 6.92 Å². The summed E-state index contributed by atoms with van der Waals surface area (Å²) in [4.78, 5) is 12.3. The number of nitrogens with one attached hydrogen (secondary N) is 1. The molecule has 1 aromatic rings. The van der Waals surface area contributed by atoms with Gasteiger partial charge in [-0.15, -0.1) is 6.58 Å². The van der Waals surface area contributed by atoms with Gasteiger partial charge in [0, 0.05) is 26.1 Å². The molecule has 1 fully saturated rings. The molecular formula is C19H28N2O4S. The Labute approximate surface area is 156 Å². The van der Waals surface area contributed by atoms with Crippen molar-refractivity contribution in [3.05, 3.63) is 36.9 Å². The van der Waals surface area contributed by atoms with Crippen molar-refractivity contribution in [2.45, 2.75) is 31.1 Å². The van der Waals surface area contributed by atoms with Crippen molar-refractivity contribution in [2.24, 2.45) is 11.8 Å². The van der Waals surface area contributed by atoms with Crippen LogP contribution in [0.25, 0.3) is 0 Å². The summed E-state index contributed by atoms with van der Waals surface area (Å²) in [6, 6.07) is 6.45. The van der Waals surface area contributed by atoms with Crippen LogP contribution in [0, 0.1) is 11.8 Å². The smallest absolute Gasteiger partial charge is 0.243 e. The van der Waals surface area contributed by atoms with E-state index in [0.717, 1.165) is 6.42 Å². The summed E-state index contributed by atoms with van der Waals surface area (Å²) in [6.45, 7) is 6.98. The van der Waals surface area contributed by atoms with E-state index in [0.29, 0.717) is 38.2 Å². The molecule has 6 nitrogen and oxygen atoms in total. The predicted molar refractivity (Wildman–Crippen MR) is 101 cm³/mol. The standard InChI is InChI=1S/C19H28N2O4S/c1-4-11-20-19(22)13-16-10-12-21(14-15(16)5-2)26(23,24)18-8-6-17(25-3)7-9-18/h4,6-9,15-16H,1,5,10-14H2,2-3H3,(H,20,22)/t15-,16+/m1/s1. The molecule has 1 aliphatic rings. The van der Waals surface area contributed by atoms with Crippen molar-refractivity contribution >= 4 is 15.9 Å². The lowest BCUT2D eigenvalue weighted by molar-refractivity contribution is -0.122. The molecule has 0 aliphatic carbocycles. The van der Waals surface area contributed by atoms with E-state index in [-0.39, 0.29) is 22.6 Å². The predicted octanol–water partition coefficient (Wildman–Crippen LogP) is 2.42. The highest BCUT2D eigenvalue weighted by Crippen LogP contribution is 2.32. The second-order valence-electron chi connectivity index (χ2n) is 6.55. The van der Waals surface area contributed by atoms with E-state index in [2.05, 4.69) is 11.9 Å². The summed E-state index contributed by atoms with van der Waals surface area (Å²) in [7, 11) is -1.99. The molecule has 0 radical (unpaired) electrons. The van der Waals surface area contributed by atoms with Gasteiger partial charge in [-0.1, -0.05) is 19.4 Å². The summed E-state index contributed by atoms with van der Waals surface area (Å²) in [6.07, 6.45) is 3.62. The molecule has 1 amide bonds. The molecular weight excluding hydrogens is 352 g/mol. The maximum absolute atomic E-state index is 12.9. The Bertz CT molecular complexity index is 716. The molecule has 0 aromatic heterocycles. The zero-order chi connectivity index (χ0) is 19.2. The van der Waals surface area contributed by atoms with Crippen molar-refractivity contribution in [3.63, 3.8) is 0 Å². The van der Waals surface area contributed by atoms with Crippen molar-refractivity contribution in [2.75, 3.05) is 26.7 Å². The van der Waals surface area contributed by atoms with Crippen LogP contribution in [-0.4, -0.2) is 45.4 Å². The van der Waals surface area contributed by atoms with E-state index >= 15 is 0 Å². The van der Waals surface area contributed by atoms with Gasteiger partial charge in [0.05, 0.1) is 12.0 Å². The Morgan fingerprint density at radius 3 is 2.62 bits per heavy atom. The molecule has 0 bridgehead atoms. The maximum atomic E-state index is 12.9. The minimum Gasteiger partial charge on any atom is -0.497 e.